The first kappa shape index (κ1) is 12.4. The molecule has 0 aliphatic heterocycles. The minimum atomic E-state index is -0.606. The molecule has 5 heteroatoms. The molecule has 0 aliphatic rings. The third kappa shape index (κ3) is 2.49. The van der Waals surface area contributed by atoms with Crippen LogP contribution in [-0.4, -0.2) is 35.6 Å². The molecule has 0 saturated heterocycles. The number of halogens is 1. The van der Waals surface area contributed by atoms with Crippen LogP contribution in [0, 0.1) is 5.82 Å². The molecule has 0 bridgehead atoms. The average molecular weight is 226 g/mol. The average Bonchev–Trinajstić information content (AvgIpc) is 2.29. The zero-order valence-electron chi connectivity index (χ0n) is 9.11. The van der Waals surface area contributed by atoms with E-state index in [1.807, 2.05) is 0 Å². The van der Waals surface area contributed by atoms with E-state index in [2.05, 4.69) is 0 Å². The minimum absolute atomic E-state index is 0.130. The van der Waals surface area contributed by atoms with Crippen LogP contribution in [0.3, 0.4) is 0 Å². The number of likely N-dealkylation sites (N-methyl/N-ethyl adjacent to an activating group) is 1. The molecule has 0 fully saturated rings. The molecule has 0 radical (unpaired) electrons. The second-order valence-corrected chi connectivity index (χ2v) is 3.31. The summed E-state index contributed by atoms with van der Waals surface area (Å²) in [5.74, 6) is -0.973. The highest BCUT2D eigenvalue weighted by Crippen LogP contribution is 2.17. The Kier molecular flexibility index (Phi) is 4.25. The van der Waals surface area contributed by atoms with Crippen molar-refractivity contribution >= 4 is 11.6 Å². The molecule has 0 atom stereocenters. The summed E-state index contributed by atoms with van der Waals surface area (Å²) in [4.78, 5) is 13.3. The SMILES string of the molecule is CCN(CCO)C(=O)c1cccc(F)c1N. The van der Waals surface area contributed by atoms with Gasteiger partial charge in [0.1, 0.15) is 5.82 Å². The molecule has 1 rings (SSSR count). The molecule has 1 amide bonds. The lowest BCUT2D eigenvalue weighted by Gasteiger charge is -2.20. The van der Waals surface area contributed by atoms with Crippen LogP contribution in [0.5, 0.6) is 0 Å². The number of carbonyl (C=O) groups excluding carboxylic acids is 1. The van der Waals surface area contributed by atoms with E-state index in [0.29, 0.717) is 6.54 Å². The van der Waals surface area contributed by atoms with Gasteiger partial charge in [-0.2, -0.15) is 0 Å². The van der Waals surface area contributed by atoms with Crippen molar-refractivity contribution < 1.29 is 14.3 Å². The normalized spacial score (nSPS) is 10.2. The molecule has 1 aromatic rings. The van der Waals surface area contributed by atoms with Gasteiger partial charge in [0.25, 0.3) is 5.91 Å². The molecule has 0 unspecified atom stereocenters. The Labute approximate surface area is 93.5 Å². The number of nitrogen functional groups attached to an aromatic ring is 1. The molecular formula is C11H15FN2O2. The second-order valence-electron chi connectivity index (χ2n) is 3.31. The molecule has 0 spiro atoms. The number of nitrogens with two attached hydrogens (primary N) is 1. The van der Waals surface area contributed by atoms with Crippen molar-refractivity contribution in [1.82, 2.24) is 4.90 Å². The zero-order chi connectivity index (χ0) is 12.1. The Bertz CT molecular complexity index is 382. The van der Waals surface area contributed by atoms with Crippen LogP contribution >= 0.6 is 0 Å². The van der Waals surface area contributed by atoms with Crippen LogP contribution in [-0.2, 0) is 0 Å². The van der Waals surface area contributed by atoms with Crippen LogP contribution in [0.15, 0.2) is 18.2 Å². The second kappa shape index (κ2) is 5.46. The van der Waals surface area contributed by atoms with Gasteiger partial charge < -0.3 is 15.7 Å². The Balaban J connectivity index is 2.99. The third-order valence-electron chi connectivity index (χ3n) is 2.32. The largest absolute Gasteiger partial charge is 0.396 e. The van der Waals surface area contributed by atoms with Gasteiger partial charge in [0.2, 0.25) is 0 Å². The number of benzene rings is 1. The number of aliphatic hydroxyl groups is 1. The molecule has 3 N–H and O–H groups in total. The third-order valence-corrected chi connectivity index (χ3v) is 2.32. The van der Waals surface area contributed by atoms with Gasteiger partial charge in [0.15, 0.2) is 0 Å². The number of hydrogen-bond donors (Lipinski definition) is 2. The van der Waals surface area contributed by atoms with Gasteiger partial charge >= 0.3 is 0 Å². The summed E-state index contributed by atoms with van der Waals surface area (Å²) in [6, 6.07) is 4.11. The van der Waals surface area contributed by atoms with Gasteiger partial charge in [-0.25, -0.2) is 4.39 Å². The van der Waals surface area contributed by atoms with Gasteiger partial charge in [-0.1, -0.05) is 6.07 Å². The Morgan fingerprint density at radius 1 is 1.56 bits per heavy atom. The zero-order valence-corrected chi connectivity index (χ0v) is 9.11. The number of carbonyl (C=O) groups is 1. The van der Waals surface area contributed by atoms with Crippen molar-refractivity contribution in [2.45, 2.75) is 6.92 Å². The lowest BCUT2D eigenvalue weighted by atomic mass is 10.1. The molecule has 16 heavy (non-hydrogen) atoms. The fraction of sp³-hybridized carbons (Fsp3) is 0.364. The number of para-hydroxylation sites is 1. The number of nitrogens with zero attached hydrogens (tertiary/aromatic N) is 1. The first-order valence-corrected chi connectivity index (χ1v) is 5.06. The molecule has 1 aromatic carbocycles. The summed E-state index contributed by atoms with van der Waals surface area (Å²) in [7, 11) is 0. The first-order chi connectivity index (χ1) is 7.61. The highest BCUT2D eigenvalue weighted by molar-refractivity contribution is 5.99. The summed E-state index contributed by atoms with van der Waals surface area (Å²) in [6.45, 7) is 2.30. The van der Waals surface area contributed by atoms with Crippen molar-refractivity contribution in [3.05, 3.63) is 29.6 Å². The van der Waals surface area contributed by atoms with Crippen molar-refractivity contribution in [3.63, 3.8) is 0 Å². The maximum Gasteiger partial charge on any atom is 0.256 e. The van der Waals surface area contributed by atoms with E-state index in [1.54, 1.807) is 6.92 Å². The van der Waals surface area contributed by atoms with Gasteiger partial charge in [-0.05, 0) is 19.1 Å². The van der Waals surface area contributed by atoms with Crippen molar-refractivity contribution in [1.29, 1.82) is 0 Å². The monoisotopic (exact) mass is 226 g/mol. The predicted octanol–water partition coefficient (Wildman–Crippen LogP) is 0.862. The quantitative estimate of drug-likeness (QED) is 0.748. The van der Waals surface area contributed by atoms with Crippen LogP contribution < -0.4 is 5.73 Å². The summed E-state index contributed by atoms with van der Waals surface area (Å²) < 4.78 is 13.1. The maximum absolute atomic E-state index is 13.1. The van der Waals surface area contributed by atoms with Gasteiger partial charge in [-0.3, -0.25) is 4.79 Å². The van der Waals surface area contributed by atoms with E-state index in [-0.39, 0.29) is 30.3 Å². The molecule has 0 aromatic heterocycles. The first-order valence-electron chi connectivity index (χ1n) is 5.06. The minimum Gasteiger partial charge on any atom is -0.396 e. The molecular weight excluding hydrogens is 211 g/mol. The summed E-state index contributed by atoms with van der Waals surface area (Å²) >= 11 is 0. The van der Waals surface area contributed by atoms with Crippen molar-refractivity contribution in [2.24, 2.45) is 0 Å². The molecule has 4 nitrogen and oxygen atoms in total. The lowest BCUT2D eigenvalue weighted by Crippen LogP contribution is -2.33. The topological polar surface area (TPSA) is 66.6 Å². The van der Waals surface area contributed by atoms with Crippen LogP contribution in [0.1, 0.15) is 17.3 Å². The number of aliphatic hydroxyl groups excluding tert-OH is 1. The molecule has 0 aliphatic carbocycles. The molecule has 0 heterocycles. The van der Waals surface area contributed by atoms with Crippen molar-refractivity contribution in [3.8, 4) is 0 Å². The van der Waals surface area contributed by atoms with Crippen LogP contribution in [0.4, 0.5) is 10.1 Å². The van der Waals surface area contributed by atoms with Crippen molar-refractivity contribution in [2.75, 3.05) is 25.4 Å². The Morgan fingerprint density at radius 3 is 2.81 bits per heavy atom. The van der Waals surface area contributed by atoms with E-state index in [0.717, 1.165) is 0 Å². The van der Waals surface area contributed by atoms with E-state index in [1.165, 1.54) is 23.1 Å². The lowest BCUT2D eigenvalue weighted by molar-refractivity contribution is 0.0732. The molecule has 88 valence electrons. The summed E-state index contributed by atoms with van der Waals surface area (Å²) in [6.07, 6.45) is 0. The fourth-order valence-corrected chi connectivity index (χ4v) is 1.42. The highest BCUT2D eigenvalue weighted by atomic mass is 19.1. The van der Waals surface area contributed by atoms with Gasteiger partial charge in [0.05, 0.1) is 17.9 Å². The smallest absolute Gasteiger partial charge is 0.256 e. The van der Waals surface area contributed by atoms with E-state index in [9.17, 15) is 9.18 Å². The standard InChI is InChI=1S/C11H15FN2O2/c1-2-14(6-7-15)11(16)8-4-3-5-9(12)10(8)13/h3-5,15H,2,6-7,13H2,1H3. The van der Waals surface area contributed by atoms with Gasteiger partial charge in [-0.15, -0.1) is 0 Å². The predicted molar refractivity (Wildman–Crippen MR) is 59.5 cm³/mol. The van der Waals surface area contributed by atoms with Crippen LogP contribution in [0.2, 0.25) is 0 Å². The van der Waals surface area contributed by atoms with E-state index in [4.69, 9.17) is 10.8 Å². The summed E-state index contributed by atoms with van der Waals surface area (Å²) in [5, 5.41) is 8.79. The number of amides is 1. The number of rotatable bonds is 4. The maximum atomic E-state index is 13.1. The van der Waals surface area contributed by atoms with E-state index >= 15 is 0 Å². The Morgan fingerprint density at radius 2 is 2.25 bits per heavy atom. The number of hydrogen-bond acceptors (Lipinski definition) is 3. The number of anilines is 1. The highest BCUT2D eigenvalue weighted by Gasteiger charge is 2.17. The van der Waals surface area contributed by atoms with E-state index < -0.39 is 5.82 Å². The van der Waals surface area contributed by atoms with Gasteiger partial charge in [0, 0.05) is 13.1 Å². The summed E-state index contributed by atoms with van der Waals surface area (Å²) in [5.41, 5.74) is 5.47. The van der Waals surface area contributed by atoms with Crippen LogP contribution in [0.25, 0.3) is 0 Å². The fourth-order valence-electron chi connectivity index (χ4n) is 1.42. The molecule has 0 saturated carbocycles. The Hall–Kier alpha value is -1.62.